The Hall–Kier alpha value is -3.32. The van der Waals surface area contributed by atoms with Gasteiger partial charge in [-0.1, -0.05) is 18.2 Å². The van der Waals surface area contributed by atoms with Crippen molar-refractivity contribution in [3.8, 4) is 28.4 Å². The van der Waals surface area contributed by atoms with Crippen molar-refractivity contribution in [1.29, 1.82) is 0 Å². The van der Waals surface area contributed by atoms with Gasteiger partial charge in [0.05, 0.1) is 19.8 Å². The van der Waals surface area contributed by atoms with Crippen LogP contribution in [0.15, 0.2) is 59.5 Å². The first-order valence-electron chi connectivity index (χ1n) is 9.62. The van der Waals surface area contributed by atoms with Crippen LogP contribution in [0.25, 0.3) is 11.1 Å². The van der Waals surface area contributed by atoms with E-state index in [2.05, 4.69) is 0 Å². The molecule has 160 valence electrons. The highest BCUT2D eigenvalue weighted by molar-refractivity contribution is 7.84. The van der Waals surface area contributed by atoms with Crippen molar-refractivity contribution in [3.63, 3.8) is 0 Å². The van der Waals surface area contributed by atoms with E-state index in [1.807, 2.05) is 48.5 Å². The first kappa shape index (κ1) is 20.9. The molecular weight excluding hydrogens is 416 g/mol. The Morgan fingerprint density at radius 3 is 2.35 bits per heavy atom. The fourth-order valence-electron chi connectivity index (χ4n) is 3.51. The molecule has 0 aromatic heterocycles. The summed E-state index contributed by atoms with van der Waals surface area (Å²) in [6.45, 7) is 0.557. The monoisotopic (exact) mass is 438 g/mol. The predicted molar refractivity (Wildman–Crippen MR) is 117 cm³/mol. The second kappa shape index (κ2) is 8.81. The van der Waals surface area contributed by atoms with E-state index in [0.717, 1.165) is 27.1 Å². The van der Waals surface area contributed by atoms with Gasteiger partial charge in [-0.15, -0.1) is 0 Å². The summed E-state index contributed by atoms with van der Waals surface area (Å²) < 4.78 is 34.0. The molecule has 0 saturated heterocycles. The van der Waals surface area contributed by atoms with Crippen molar-refractivity contribution in [3.05, 3.63) is 71.3 Å². The lowest BCUT2D eigenvalue weighted by Gasteiger charge is -2.18. The summed E-state index contributed by atoms with van der Waals surface area (Å²) in [4.78, 5) is 12.5. The highest BCUT2D eigenvalue weighted by atomic mass is 32.2. The molecule has 0 fully saturated rings. The lowest BCUT2D eigenvalue weighted by molar-refractivity contribution is 0.0535. The van der Waals surface area contributed by atoms with E-state index in [0.29, 0.717) is 29.4 Å². The third-order valence-corrected chi connectivity index (χ3v) is 6.07. The molecule has 0 saturated carbocycles. The molecule has 1 aliphatic rings. The Bertz CT molecular complexity index is 1150. The van der Waals surface area contributed by atoms with Crippen molar-refractivity contribution >= 4 is 16.8 Å². The number of cyclic esters (lactones) is 1. The fraction of sp³-hybridized carbons (Fsp3) is 0.208. The number of hydrogen-bond acceptors (Lipinski definition) is 6. The number of fused-ring (bicyclic) bond motifs is 1. The van der Waals surface area contributed by atoms with Gasteiger partial charge in [-0.2, -0.15) is 0 Å². The number of carbonyl (C=O) groups excluding carboxylic acids is 1. The van der Waals surface area contributed by atoms with Crippen LogP contribution in [0.2, 0.25) is 0 Å². The van der Waals surface area contributed by atoms with Crippen molar-refractivity contribution in [2.45, 2.75) is 18.1 Å². The zero-order valence-electron chi connectivity index (χ0n) is 17.5. The quantitative estimate of drug-likeness (QED) is 0.511. The van der Waals surface area contributed by atoms with Gasteiger partial charge in [0.15, 0.2) is 11.5 Å². The molecule has 7 heteroatoms. The van der Waals surface area contributed by atoms with Gasteiger partial charge < -0.3 is 18.9 Å². The number of benzene rings is 3. The summed E-state index contributed by atoms with van der Waals surface area (Å²) in [6.07, 6.45) is 1.65. The van der Waals surface area contributed by atoms with E-state index in [4.69, 9.17) is 18.9 Å². The average Bonchev–Trinajstić information content (AvgIpc) is 3.17. The number of carbonyl (C=O) groups is 1. The Labute approximate surface area is 183 Å². The third-order valence-electron chi connectivity index (χ3n) is 5.13. The average molecular weight is 439 g/mol. The highest BCUT2D eigenvalue weighted by Crippen LogP contribution is 2.45. The van der Waals surface area contributed by atoms with E-state index in [9.17, 15) is 9.00 Å². The number of methoxy groups -OCH3 is 2. The molecule has 0 radical (unpaired) electrons. The van der Waals surface area contributed by atoms with Crippen LogP contribution in [0, 0.1) is 0 Å². The van der Waals surface area contributed by atoms with Gasteiger partial charge in [-0.3, -0.25) is 4.21 Å². The topological polar surface area (TPSA) is 71.1 Å². The number of ether oxygens (including phenoxy) is 4. The van der Waals surface area contributed by atoms with Crippen LogP contribution in [0.5, 0.6) is 17.2 Å². The molecule has 4 rings (SSSR count). The molecule has 31 heavy (non-hydrogen) atoms. The zero-order valence-corrected chi connectivity index (χ0v) is 18.3. The second-order valence-corrected chi connectivity index (χ2v) is 8.39. The van der Waals surface area contributed by atoms with E-state index in [1.54, 1.807) is 26.5 Å². The number of esters is 1. The van der Waals surface area contributed by atoms with Crippen molar-refractivity contribution in [1.82, 2.24) is 0 Å². The zero-order chi connectivity index (χ0) is 22.0. The predicted octanol–water partition coefficient (Wildman–Crippen LogP) is 4.36. The summed E-state index contributed by atoms with van der Waals surface area (Å²) in [5.74, 6) is 1.27. The Kier molecular flexibility index (Phi) is 5.95. The van der Waals surface area contributed by atoms with Crippen LogP contribution in [0.4, 0.5) is 0 Å². The van der Waals surface area contributed by atoms with E-state index in [1.165, 1.54) is 0 Å². The highest BCUT2D eigenvalue weighted by Gasteiger charge is 2.23. The van der Waals surface area contributed by atoms with Gasteiger partial charge in [-0.25, -0.2) is 4.79 Å². The second-order valence-electron chi connectivity index (χ2n) is 7.01. The third kappa shape index (κ3) is 4.14. The van der Waals surface area contributed by atoms with Crippen LogP contribution >= 0.6 is 0 Å². The van der Waals surface area contributed by atoms with Gasteiger partial charge in [0.2, 0.25) is 5.75 Å². The van der Waals surface area contributed by atoms with E-state index in [-0.39, 0.29) is 12.6 Å². The van der Waals surface area contributed by atoms with Gasteiger partial charge in [0.25, 0.3) is 0 Å². The maximum absolute atomic E-state index is 11.8. The smallest absolute Gasteiger partial charge is 0.338 e. The molecule has 1 heterocycles. The molecule has 1 atom stereocenters. The number of hydrogen-bond donors (Lipinski definition) is 0. The van der Waals surface area contributed by atoms with E-state index >= 15 is 0 Å². The largest absolute Gasteiger partial charge is 0.493 e. The SMILES string of the molecule is COc1ccc(-c2ccc3c(c2)COC3=O)c(OC)c1OCc1ccc(S(C)=O)cc1. The standard InChI is InChI=1S/C24H22O6S/c1-27-21-11-10-19(16-6-9-20-17(12-16)14-30-24(20)25)22(28-2)23(21)29-13-15-4-7-18(8-5-15)31(3)26/h4-12H,13-14H2,1-3H3. The molecule has 0 N–H and O–H groups in total. The first-order valence-corrected chi connectivity index (χ1v) is 11.2. The molecule has 0 aliphatic carbocycles. The Morgan fingerprint density at radius 1 is 0.935 bits per heavy atom. The van der Waals surface area contributed by atoms with Gasteiger partial charge in [0.1, 0.15) is 13.2 Å². The minimum absolute atomic E-state index is 0.266. The summed E-state index contributed by atoms with van der Waals surface area (Å²) in [7, 11) is 2.13. The maximum Gasteiger partial charge on any atom is 0.338 e. The summed E-state index contributed by atoms with van der Waals surface area (Å²) in [6, 6.07) is 16.7. The molecule has 3 aromatic carbocycles. The van der Waals surface area contributed by atoms with Crippen LogP contribution in [0.1, 0.15) is 21.5 Å². The van der Waals surface area contributed by atoms with E-state index < -0.39 is 10.8 Å². The molecule has 0 amide bonds. The lowest BCUT2D eigenvalue weighted by Crippen LogP contribution is -2.02. The number of rotatable bonds is 7. The van der Waals surface area contributed by atoms with Crippen LogP contribution < -0.4 is 14.2 Å². The van der Waals surface area contributed by atoms with Gasteiger partial charge in [-0.05, 0) is 47.5 Å². The van der Waals surface area contributed by atoms with Crippen LogP contribution in [0.3, 0.4) is 0 Å². The Morgan fingerprint density at radius 2 is 1.68 bits per heavy atom. The van der Waals surface area contributed by atoms with Crippen LogP contribution in [-0.2, 0) is 28.8 Å². The van der Waals surface area contributed by atoms with Crippen molar-refractivity contribution in [2.24, 2.45) is 0 Å². The minimum atomic E-state index is -1.02. The summed E-state index contributed by atoms with van der Waals surface area (Å²) in [5.41, 5.74) is 4.06. The molecule has 1 aliphatic heterocycles. The molecule has 3 aromatic rings. The van der Waals surface area contributed by atoms with Crippen molar-refractivity contribution < 1.29 is 28.0 Å². The first-order chi connectivity index (χ1) is 15.0. The summed E-state index contributed by atoms with van der Waals surface area (Å²) in [5, 5.41) is 0. The van der Waals surface area contributed by atoms with Crippen LogP contribution in [-0.4, -0.2) is 30.7 Å². The van der Waals surface area contributed by atoms with Gasteiger partial charge in [0, 0.05) is 33.1 Å². The summed E-state index contributed by atoms with van der Waals surface area (Å²) >= 11 is 0. The molecule has 0 spiro atoms. The normalized spacial score (nSPS) is 13.3. The van der Waals surface area contributed by atoms with Gasteiger partial charge >= 0.3 is 5.97 Å². The molecular formula is C24H22O6S. The molecule has 1 unspecified atom stereocenters. The van der Waals surface area contributed by atoms with Crippen molar-refractivity contribution in [2.75, 3.05) is 20.5 Å². The minimum Gasteiger partial charge on any atom is -0.493 e. The fourth-order valence-corrected chi connectivity index (χ4v) is 4.03. The molecule has 0 bridgehead atoms. The Balaban J connectivity index is 1.67. The molecule has 6 nitrogen and oxygen atoms in total. The lowest BCUT2D eigenvalue weighted by atomic mass is 9.99. The maximum atomic E-state index is 11.8.